The Morgan fingerprint density at radius 1 is 0.267 bits per heavy atom. The fourth-order valence-corrected chi connectivity index (χ4v) is 9.60. The van der Waals surface area contributed by atoms with Crippen molar-refractivity contribution in [3.63, 3.8) is 0 Å². The highest BCUT2D eigenvalue weighted by Crippen LogP contribution is 2.58. The summed E-state index contributed by atoms with van der Waals surface area (Å²) in [5.41, 5.74) is 17.8. The molecule has 0 spiro atoms. The first-order valence-electron chi connectivity index (χ1n) is 20.8. The highest BCUT2D eigenvalue weighted by atomic mass is 15.1. The van der Waals surface area contributed by atoms with E-state index in [9.17, 15) is 0 Å². The van der Waals surface area contributed by atoms with Crippen molar-refractivity contribution in [3.8, 4) is 44.5 Å². The monoisotopic (exact) mass is 763 g/mol. The Bertz CT molecular complexity index is 3070. The number of benzene rings is 10. The Morgan fingerprint density at radius 3 is 1.45 bits per heavy atom. The standard InChI is InChI=1S/C59H41N/c1-4-16-42(17-5-1)44-32-36-51(37-33-44)60(53-25-14-20-47(41-53)48-31-30-43-18-10-11-19-46(43)40-48)52-38-34-45(35-39-52)54-27-15-29-57-58(54)55-26-12-13-28-56(55)59(57,49-21-6-2-7-22-49)50-23-8-3-9-24-50/h1-41H. The zero-order valence-electron chi connectivity index (χ0n) is 33.1. The van der Waals surface area contributed by atoms with Gasteiger partial charge in [-0.2, -0.15) is 0 Å². The summed E-state index contributed by atoms with van der Waals surface area (Å²) in [6.45, 7) is 0. The molecule has 0 saturated carbocycles. The topological polar surface area (TPSA) is 3.24 Å². The average molecular weight is 764 g/mol. The van der Waals surface area contributed by atoms with E-state index in [1.165, 1.54) is 77.5 Å². The van der Waals surface area contributed by atoms with Gasteiger partial charge in [0.25, 0.3) is 0 Å². The molecule has 0 bridgehead atoms. The van der Waals surface area contributed by atoms with Gasteiger partial charge in [-0.15, -0.1) is 0 Å². The lowest BCUT2D eigenvalue weighted by atomic mass is 9.67. The van der Waals surface area contributed by atoms with Crippen molar-refractivity contribution in [1.29, 1.82) is 0 Å². The third-order valence-corrected chi connectivity index (χ3v) is 12.3. The molecule has 10 aromatic rings. The predicted molar refractivity (Wildman–Crippen MR) is 252 cm³/mol. The zero-order chi connectivity index (χ0) is 39.9. The third kappa shape index (κ3) is 5.94. The molecule has 0 unspecified atom stereocenters. The normalized spacial score (nSPS) is 12.5. The summed E-state index contributed by atoms with van der Waals surface area (Å²) >= 11 is 0. The highest BCUT2D eigenvalue weighted by molar-refractivity contribution is 5.96. The van der Waals surface area contributed by atoms with Crippen LogP contribution in [0.25, 0.3) is 55.3 Å². The fraction of sp³-hybridized carbons (Fsp3) is 0.0169. The summed E-state index contributed by atoms with van der Waals surface area (Å²) in [6, 6.07) is 90.9. The van der Waals surface area contributed by atoms with E-state index < -0.39 is 5.41 Å². The van der Waals surface area contributed by atoms with Gasteiger partial charge in [-0.1, -0.05) is 206 Å². The van der Waals surface area contributed by atoms with Crippen LogP contribution in [0.4, 0.5) is 17.1 Å². The summed E-state index contributed by atoms with van der Waals surface area (Å²) in [5.74, 6) is 0. The number of anilines is 3. The fourth-order valence-electron chi connectivity index (χ4n) is 9.60. The van der Waals surface area contributed by atoms with Crippen LogP contribution in [0.1, 0.15) is 22.3 Å². The van der Waals surface area contributed by atoms with Crippen LogP contribution in [0.15, 0.2) is 249 Å². The second kappa shape index (κ2) is 14.9. The van der Waals surface area contributed by atoms with Crippen molar-refractivity contribution in [2.24, 2.45) is 0 Å². The van der Waals surface area contributed by atoms with Crippen molar-refractivity contribution in [3.05, 3.63) is 271 Å². The quantitative estimate of drug-likeness (QED) is 0.149. The number of rotatable bonds is 8. The summed E-state index contributed by atoms with van der Waals surface area (Å²) in [5, 5.41) is 2.49. The molecule has 0 aliphatic heterocycles. The zero-order valence-corrected chi connectivity index (χ0v) is 33.1. The highest BCUT2D eigenvalue weighted by Gasteiger charge is 2.46. The van der Waals surface area contributed by atoms with Gasteiger partial charge in [0, 0.05) is 17.1 Å². The minimum absolute atomic E-state index is 0.441. The Morgan fingerprint density at radius 2 is 0.750 bits per heavy atom. The second-order valence-corrected chi connectivity index (χ2v) is 15.7. The lowest BCUT2D eigenvalue weighted by Crippen LogP contribution is -2.28. The maximum Gasteiger partial charge on any atom is 0.0713 e. The van der Waals surface area contributed by atoms with Gasteiger partial charge < -0.3 is 4.90 Å². The number of fused-ring (bicyclic) bond motifs is 4. The van der Waals surface area contributed by atoms with Gasteiger partial charge in [-0.3, -0.25) is 0 Å². The van der Waals surface area contributed by atoms with E-state index in [2.05, 4.69) is 254 Å². The summed E-state index contributed by atoms with van der Waals surface area (Å²) < 4.78 is 0. The van der Waals surface area contributed by atoms with Crippen LogP contribution in [0.3, 0.4) is 0 Å². The van der Waals surface area contributed by atoms with Crippen LogP contribution in [-0.2, 0) is 5.41 Å². The van der Waals surface area contributed by atoms with Crippen molar-refractivity contribution >= 4 is 27.8 Å². The molecule has 282 valence electrons. The first-order chi connectivity index (χ1) is 29.8. The van der Waals surface area contributed by atoms with Gasteiger partial charge in [0.1, 0.15) is 0 Å². The minimum atomic E-state index is -0.441. The molecule has 0 heterocycles. The molecule has 0 saturated heterocycles. The molecule has 0 aromatic heterocycles. The van der Waals surface area contributed by atoms with Crippen LogP contribution < -0.4 is 4.90 Å². The largest absolute Gasteiger partial charge is 0.310 e. The molecule has 0 N–H and O–H groups in total. The molecule has 10 aromatic carbocycles. The van der Waals surface area contributed by atoms with Gasteiger partial charge in [0.15, 0.2) is 0 Å². The molecule has 1 heteroatoms. The lowest BCUT2D eigenvalue weighted by Gasteiger charge is -2.34. The molecule has 60 heavy (non-hydrogen) atoms. The maximum atomic E-state index is 2.38. The van der Waals surface area contributed by atoms with Crippen molar-refractivity contribution in [2.45, 2.75) is 5.41 Å². The maximum absolute atomic E-state index is 2.38. The van der Waals surface area contributed by atoms with Gasteiger partial charge in [0.2, 0.25) is 0 Å². The predicted octanol–water partition coefficient (Wildman–Crippen LogP) is 15.7. The van der Waals surface area contributed by atoms with Crippen molar-refractivity contribution < 1.29 is 0 Å². The van der Waals surface area contributed by atoms with E-state index in [0.717, 1.165) is 17.1 Å². The lowest BCUT2D eigenvalue weighted by molar-refractivity contribution is 0.768. The molecule has 1 aliphatic carbocycles. The molecule has 11 rings (SSSR count). The van der Waals surface area contributed by atoms with Gasteiger partial charge >= 0.3 is 0 Å². The number of nitrogens with zero attached hydrogens (tertiary/aromatic N) is 1. The van der Waals surface area contributed by atoms with E-state index in [4.69, 9.17) is 0 Å². The summed E-state index contributed by atoms with van der Waals surface area (Å²) in [7, 11) is 0. The molecule has 1 nitrogen and oxygen atoms in total. The Labute approximate surface area is 352 Å². The smallest absolute Gasteiger partial charge is 0.0713 e. The molecular formula is C59H41N. The third-order valence-electron chi connectivity index (χ3n) is 12.3. The average Bonchev–Trinajstić information content (AvgIpc) is 3.64. The Hall–Kier alpha value is -7.74. The summed E-state index contributed by atoms with van der Waals surface area (Å²) in [4.78, 5) is 2.38. The van der Waals surface area contributed by atoms with Crippen LogP contribution in [-0.4, -0.2) is 0 Å². The SMILES string of the molecule is c1ccc(-c2ccc(N(c3ccc(-c4cccc5c4-c4ccccc4C5(c4ccccc4)c4ccccc4)cc3)c3cccc(-c4ccc5ccccc5c4)c3)cc2)cc1. The molecule has 0 radical (unpaired) electrons. The molecule has 0 atom stereocenters. The Kier molecular flexibility index (Phi) is 8.79. The van der Waals surface area contributed by atoms with Crippen LogP contribution in [0.5, 0.6) is 0 Å². The van der Waals surface area contributed by atoms with Crippen LogP contribution in [0.2, 0.25) is 0 Å². The Balaban J connectivity index is 1.04. The van der Waals surface area contributed by atoms with Gasteiger partial charge in [-0.05, 0) is 120 Å². The molecule has 0 fully saturated rings. The summed E-state index contributed by atoms with van der Waals surface area (Å²) in [6.07, 6.45) is 0. The first kappa shape index (κ1) is 35.4. The number of hydrogen-bond acceptors (Lipinski definition) is 1. The second-order valence-electron chi connectivity index (χ2n) is 15.7. The van der Waals surface area contributed by atoms with E-state index in [-0.39, 0.29) is 0 Å². The van der Waals surface area contributed by atoms with E-state index in [0.29, 0.717) is 0 Å². The van der Waals surface area contributed by atoms with Gasteiger partial charge in [-0.25, -0.2) is 0 Å². The van der Waals surface area contributed by atoms with E-state index in [1.54, 1.807) is 0 Å². The molecule has 1 aliphatic rings. The molecular weight excluding hydrogens is 723 g/mol. The van der Waals surface area contributed by atoms with Crippen molar-refractivity contribution in [1.82, 2.24) is 0 Å². The van der Waals surface area contributed by atoms with Crippen LogP contribution in [0, 0.1) is 0 Å². The van der Waals surface area contributed by atoms with Crippen molar-refractivity contribution in [2.75, 3.05) is 4.90 Å². The van der Waals surface area contributed by atoms with Crippen LogP contribution >= 0.6 is 0 Å². The first-order valence-corrected chi connectivity index (χ1v) is 20.8. The van der Waals surface area contributed by atoms with Gasteiger partial charge in [0.05, 0.1) is 5.41 Å². The number of hydrogen-bond donors (Lipinski definition) is 0. The minimum Gasteiger partial charge on any atom is -0.310 e. The molecule has 0 amide bonds. The van der Waals surface area contributed by atoms with E-state index >= 15 is 0 Å². The van der Waals surface area contributed by atoms with E-state index in [1.807, 2.05) is 0 Å².